The third-order valence-corrected chi connectivity index (χ3v) is 4.51. The highest BCUT2D eigenvalue weighted by molar-refractivity contribution is 5.38. The molecule has 92 valence electrons. The van der Waals surface area contributed by atoms with Crippen LogP contribution in [0.2, 0.25) is 0 Å². The van der Waals surface area contributed by atoms with Crippen LogP contribution in [0.3, 0.4) is 0 Å². The minimum atomic E-state index is -0.0331. The molecule has 1 aromatic rings. The van der Waals surface area contributed by atoms with Gasteiger partial charge in [-0.3, -0.25) is 4.90 Å². The summed E-state index contributed by atoms with van der Waals surface area (Å²) in [4.78, 5) is 2.48. The van der Waals surface area contributed by atoms with Gasteiger partial charge in [-0.15, -0.1) is 0 Å². The van der Waals surface area contributed by atoms with E-state index in [9.17, 15) is 0 Å². The molecule has 3 rings (SSSR count). The van der Waals surface area contributed by atoms with Crippen molar-refractivity contribution in [1.82, 2.24) is 4.90 Å². The van der Waals surface area contributed by atoms with Crippen LogP contribution in [0.4, 0.5) is 0 Å². The Balaban J connectivity index is 1.90. The fourth-order valence-electron chi connectivity index (χ4n) is 3.29. The molecule has 0 atom stereocenters. The highest BCUT2D eigenvalue weighted by Gasteiger charge is 2.32. The molecule has 0 unspecified atom stereocenters. The first-order chi connectivity index (χ1) is 8.21. The van der Waals surface area contributed by atoms with Gasteiger partial charge in [0.2, 0.25) is 0 Å². The molecule has 2 heteroatoms. The van der Waals surface area contributed by atoms with Crippen molar-refractivity contribution >= 4 is 0 Å². The van der Waals surface area contributed by atoms with Gasteiger partial charge in [-0.05, 0) is 36.1 Å². The van der Waals surface area contributed by atoms with E-state index in [2.05, 4.69) is 30.0 Å². The number of fused-ring (bicyclic) bond motifs is 1. The molecule has 1 heterocycles. The van der Waals surface area contributed by atoms with Crippen molar-refractivity contribution < 1.29 is 0 Å². The molecule has 0 amide bonds. The smallest absolute Gasteiger partial charge is 0.0409 e. The normalized spacial score (nSPS) is 22.9. The Hall–Kier alpha value is -0.860. The van der Waals surface area contributed by atoms with Crippen LogP contribution < -0.4 is 5.73 Å². The molecule has 0 saturated heterocycles. The zero-order chi connectivity index (χ0) is 11.9. The molecule has 1 aromatic carbocycles. The van der Waals surface area contributed by atoms with Crippen molar-refractivity contribution in [1.29, 1.82) is 0 Å². The summed E-state index contributed by atoms with van der Waals surface area (Å²) in [6, 6.07) is 6.94. The third kappa shape index (κ3) is 1.90. The first-order valence-corrected chi connectivity index (χ1v) is 6.85. The number of rotatable bonds is 2. The molecule has 0 spiro atoms. The first kappa shape index (κ1) is 11.2. The predicted octanol–water partition coefficient (Wildman–Crippen LogP) is 2.75. The van der Waals surface area contributed by atoms with Gasteiger partial charge in [0.15, 0.2) is 0 Å². The van der Waals surface area contributed by atoms with Crippen LogP contribution in [0.15, 0.2) is 18.2 Å². The van der Waals surface area contributed by atoms with E-state index in [4.69, 9.17) is 5.73 Å². The van der Waals surface area contributed by atoms with Crippen LogP contribution in [-0.4, -0.2) is 11.4 Å². The van der Waals surface area contributed by atoms with E-state index >= 15 is 0 Å². The number of hydrogen-bond donors (Lipinski definition) is 1. The zero-order valence-corrected chi connectivity index (χ0v) is 10.7. The molecule has 0 bridgehead atoms. The van der Waals surface area contributed by atoms with E-state index in [-0.39, 0.29) is 5.54 Å². The Morgan fingerprint density at radius 1 is 1.18 bits per heavy atom. The van der Waals surface area contributed by atoms with E-state index in [0.29, 0.717) is 0 Å². The fourth-order valence-corrected chi connectivity index (χ4v) is 3.29. The maximum atomic E-state index is 6.53. The van der Waals surface area contributed by atoms with Crippen molar-refractivity contribution in [3.8, 4) is 0 Å². The lowest BCUT2D eigenvalue weighted by atomic mass is 9.87. The van der Waals surface area contributed by atoms with E-state index in [1.54, 1.807) is 0 Å². The topological polar surface area (TPSA) is 29.3 Å². The van der Waals surface area contributed by atoms with Crippen LogP contribution in [0.5, 0.6) is 0 Å². The van der Waals surface area contributed by atoms with Gasteiger partial charge in [-0.2, -0.15) is 0 Å². The van der Waals surface area contributed by atoms with E-state index in [0.717, 1.165) is 32.5 Å². The van der Waals surface area contributed by atoms with Gasteiger partial charge in [0.05, 0.1) is 0 Å². The summed E-state index contributed by atoms with van der Waals surface area (Å²) in [6.45, 7) is 5.59. The maximum absolute atomic E-state index is 6.53. The van der Waals surface area contributed by atoms with Gasteiger partial charge in [-0.1, -0.05) is 38.0 Å². The van der Waals surface area contributed by atoms with Crippen molar-refractivity contribution in [2.75, 3.05) is 6.54 Å². The fraction of sp³-hybridized carbons (Fsp3) is 0.600. The lowest BCUT2D eigenvalue weighted by Crippen LogP contribution is -2.33. The Bertz CT molecular complexity index is 419. The Morgan fingerprint density at radius 3 is 2.59 bits per heavy atom. The summed E-state index contributed by atoms with van der Waals surface area (Å²) in [5.74, 6) is 0. The van der Waals surface area contributed by atoms with Crippen molar-refractivity contribution in [3.63, 3.8) is 0 Å². The third-order valence-electron chi connectivity index (χ3n) is 4.51. The molecule has 0 radical (unpaired) electrons. The van der Waals surface area contributed by atoms with Gasteiger partial charge in [0.25, 0.3) is 0 Å². The standard InChI is InChI=1S/C15H22N2/c1-2-17-10-12-5-6-14(9-13(12)11-17)15(16)7-3-4-8-15/h5-6,9H,2-4,7-8,10-11,16H2,1H3. The van der Waals surface area contributed by atoms with Crippen molar-refractivity contribution in [2.24, 2.45) is 5.73 Å². The number of hydrogen-bond acceptors (Lipinski definition) is 2. The monoisotopic (exact) mass is 230 g/mol. The minimum Gasteiger partial charge on any atom is -0.321 e. The van der Waals surface area contributed by atoms with E-state index < -0.39 is 0 Å². The lowest BCUT2D eigenvalue weighted by Gasteiger charge is -2.24. The van der Waals surface area contributed by atoms with Crippen molar-refractivity contribution in [3.05, 3.63) is 34.9 Å². The summed E-state index contributed by atoms with van der Waals surface area (Å²) >= 11 is 0. The Morgan fingerprint density at radius 2 is 1.88 bits per heavy atom. The molecule has 17 heavy (non-hydrogen) atoms. The largest absolute Gasteiger partial charge is 0.321 e. The molecule has 2 N–H and O–H groups in total. The SMILES string of the molecule is CCN1Cc2ccc(C3(N)CCCC3)cc2C1. The van der Waals surface area contributed by atoms with Gasteiger partial charge >= 0.3 is 0 Å². The van der Waals surface area contributed by atoms with Crippen LogP contribution in [0.25, 0.3) is 0 Å². The Labute approximate surface area is 104 Å². The predicted molar refractivity (Wildman–Crippen MR) is 70.6 cm³/mol. The molecule has 1 aliphatic heterocycles. The van der Waals surface area contributed by atoms with Gasteiger partial charge in [0, 0.05) is 18.6 Å². The van der Waals surface area contributed by atoms with Crippen LogP contribution >= 0.6 is 0 Å². The molecular weight excluding hydrogens is 208 g/mol. The second kappa shape index (κ2) is 4.11. The highest BCUT2D eigenvalue weighted by atomic mass is 15.1. The Kier molecular flexibility index (Phi) is 2.72. The molecule has 2 aliphatic rings. The van der Waals surface area contributed by atoms with E-state index in [1.807, 2.05) is 0 Å². The second-order valence-electron chi connectivity index (χ2n) is 5.65. The molecule has 2 nitrogen and oxygen atoms in total. The number of benzene rings is 1. The summed E-state index contributed by atoms with van der Waals surface area (Å²) < 4.78 is 0. The number of nitrogens with zero attached hydrogens (tertiary/aromatic N) is 1. The molecule has 0 aromatic heterocycles. The van der Waals surface area contributed by atoms with Gasteiger partial charge in [-0.25, -0.2) is 0 Å². The van der Waals surface area contributed by atoms with Gasteiger partial charge in [0.1, 0.15) is 0 Å². The van der Waals surface area contributed by atoms with Crippen LogP contribution in [-0.2, 0) is 18.6 Å². The van der Waals surface area contributed by atoms with E-state index in [1.165, 1.54) is 29.5 Å². The lowest BCUT2D eigenvalue weighted by molar-refractivity contribution is 0.301. The van der Waals surface area contributed by atoms with Crippen LogP contribution in [0.1, 0.15) is 49.3 Å². The van der Waals surface area contributed by atoms with Crippen LogP contribution in [0, 0.1) is 0 Å². The molecule has 1 fully saturated rings. The van der Waals surface area contributed by atoms with Gasteiger partial charge < -0.3 is 5.73 Å². The molecular formula is C15H22N2. The van der Waals surface area contributed by atoms with Crippen molar-refractivity contribution in [2.45, 2.75) is 51.2 Å². The molecule has 1 saturated carbocycles. The quantitative estimate of drug-likeness (QED) is 0.846. The summed E-state index contributed by atoms with van der Waals surface area (Å²) in [6.07, 6.45) is 4.88. The minimum absolute atomic E-state index is 0.0331. The average molecular weight is 230 g/mol. The average Bonchev–Trinajstić information content (AvgIpc) is 2.94. The summed E-state index contributed by atoms with van der Waals surface area (Å²) in [5, 5.41) is 0. The first-order valence-electron chi connectivity index (χ1n) is 6.85. The highest BCUT2D eigenvalue weighted by Crippen LogP contribution is 2.37. The number of nitrogens with two attached hydrogens (primary N) is 1. The molecule has 1 aliphatic carbocycles. The second-order valence-corrected chi connectivity index (χ2v) is 5.65. The summed E-state index contributed by atoms with van der Waals surface area (Å²) in [5.41, 5.74) is 10.9. The zero-order valence-electron chi connectivity index (χ0n) is 10.7. The summed E-state index contributed by atoms with van der Waals surface area (Å²) in [7, 11) is 0. The maximum Gasteiger partial charge on any atom is 0.0409 e.